The summed E-state index contributed by atoms with van der Waals surface area (Å²) in [5.74, 6) is 0.0660. The summed E-state index contributed by atoms with van der Waals surface area (Å²) in [5.41, 5.74) is 6.88. The number of carbonyl (C=O) groups is 1. The van der Waals surface area contributed by atoms with Gasteiger partial charge in [0.2, 0.25) is 11.8 Å². The number of ether oxygens (including phenoxy) is 3. The molecule has 12 nitrogen and oxygen atoms in total. The lowest BCUT2D eigenvalue weighted by Crippen LogP contribution is -2.20. The van der Waals surface area contributed by atoms with Crippen LogP contribution in [0.5, 0.6) is 5.88 Å². The number of nitrogens with two attached hydrogens (primary N) is 1. The summed E-state index contributed by atoms with van der Waals surface area (Å²) in [5, 5.41) is 2.69. The fourth-order valence-corrected chi connectivity index (χ4v) is 4.01. The number of carbonyl (C=O) groups excluding carboxylic acids is 1. The number of hydrogen-bond acceptors (Lipinski definition) is 10. The highest BCUT2D eigenvalue weighted by Gasteiger charge is 2.36. The van der Waals surface area contributed by atoms with Gasteiger partial charge in [-0.05, 0) is 17.9 Å². The highest BCUT2D eigenvalue weighted by Crippen LogP contribution is 2.37. The molecule has 1 fully saturated rings. The van der Waals surface area contributed by atoms with Gasteiger partial charge in [0.1, 0.15) is 19.4 Å². The van der Waals surface area contributed by atoms with Crippen molar-refractivity contribution in [3.63, 3.8) is 0 Å². The topological polar surface area (TPSA) is 153 Å². The molecule has 2 aromatic rings. The maximum Gasteiger partial charge on any atom is 0.613 e. The number of nitrogens with zero attached hydrogens (tertiary/aromatic N) is 4. The Morgan fingerprint density at radius 2 is 2.22 bits per heavy atom. The Hall–Kier alpha value is -2.40. The third-order valence-electron chi connectivity index (χ3n) is 4.85. The van der Waals surface area contributed by atoms with Crippen molar-refractivity contribution in [1.29, 1.82) is 0 Å². The van der Waals surface area contributed by atoms with Crippen LogP contribution >= 0.6 is 8.18 Å². The van der Waals surface area contributed by atoms with Crippen LogP contribution in [0.1, 0.15) is 40.3 Å². The molecule has 0 saturated carbocycles. The zero-order valence-corrected chi connectivity index (χ0v) is 19.6. The molecule has 176 valence electrons. The van der Waals surface area contributed by atoms with Crippen LogP contribution in [0.4, 0.5) is 5.95 Å². The average Bonchev–Trinajstić information content (AvgIpc) is 3.32. The van der Waals surface area contributed by atoms with Crippen molar-refractivity contribution in [1.82, 2.24) is 24.6 Å². The van der Waals surface area contributed by atoms with E-state index in [1.165, 1.54) is 0 Å². The number of fused-ring (bicyclic) bond motifs is 1. The van der Waals surface area contributed by atoms with Gasteiger partial charge in [0.25, 0.3) is 0 Å². The van der Waals surface area contributed by atoms with Gasteiger partial charge in [-0.15, -0.1) is 4.52 Å². The van der Waals surface area contributed by atoms with E-state index in [1.54, 1.807) is 20.2 Å². The van der Waals surface area contributed by atoms with Crippen LogP contribution in [0, 0.1) is 11.8 Å². The van der Waals surface area contributed by atoms with Crippen LogP contribution in [0.2, 0.25) is 0 Å². The second-order valence-electron chi connectivity index (χ2n) is 7.79. The molecule has 3 rings (SSSR count). The number of aromatic nitrogens is 4. The third kappa shape index (κ3) is 5.89. The monoisotopic (exact) mass is 469 g/mol. The smallest absolute Gasteiger partial charge is 0.476 e. The number of rotatable bonds is 11. The molecule has 13 heteroatoms. The normalized spacial score (nSPS) is 21.3. The van der Waals surface area contributed by atoms with Gasteiger partial charge in [-0.1, -0.05) is 25.9 Å². The Balaban J connectivity index is 1.53. The molecule has 1 aliphatic heterocycles. The quantitative estimate of drug-likeness (QED) is 0.283. The highest BCUT2D eigenvalue weighted by atomic mass is 31.1. The van der Waals surface area contributed by atoms with Crippen LogP contribution < -0.4 is 15.6 Å². The first kappa shape index (κ1) is 24.2. The predicted octanol–water partition coefficient (Wildman–Crippen LogP) is 2.19. The zero-order chi connectivity index (χ0) is 23.3. The molecule has 4 unspecified atom stereocenters. The Morgan fingerprint density at radius 1 is 1.44 bits per heavy atom. The van der Waals surface area contributed by atoms with Gasteiger partial charge in [-0.25, -0.2) is 4.98 Å². The van der Waals surface area contributed by atoms with Crippen LogP contribution in [0.3, 0.4) is 0 Å². The lowest BCUT2D eigenvalue weighted by Gasteiger charge is -2.17. The number of nitrogens with one attached hydrogen (secondary N) is 1. The molecule has 0 amide bonds. The maximum absolute atomic E-state index is 12.0. The summed E-state index contributed by atoms with van der Waals surface area (Å²) >= 11 is 0. The lowest BCUT2D eigenvalue weighted by molar-refractivity contribution is -0.147. The van der Waals surface area contributed by atoms with Crippen molar-refractivity contribution in [2.24, 2.45) is 11.8 Å². The SMILES string of the molecule is CCOc1nc(N)nc2c1ncn2C1OC(CO[P+](=O)NCCOC(=O)C(C)C)CC1C. The van der Waals surface area contributed by atoms with Crippen LogP contribution in [-0.4, -0.2) is 58.0 Å². The number of hydrogen-bond donors (Lipinski definition) is 2. The molecule has 0 spiro atoms. The fraction of sp³-hybridized carbons (Fsp3) is 0.684. The van der Waals surface area contributed by atoms with E-state index in [0.29, 0.717) is 30.1 Å². The van der Waals surface area contributed by atoms with Crippen LogP contribution in [0.15, 0.2) is 6.33 Å². The standard InChI is InChI=1S/C19H30N6O6P/c1-5-28-16-14-15(23-19(20)24-16)25(10-21-14)17-12(4)8-13(31-17)9-30-32(27)22-6-7-29-18(26)11(2)3/h10-13,17H,5-9H2,1-4H3,(H,22,27)(H2,20,23,24)/q+1. The van der Waals surface area contributed by atoms with Crippen molar-refractivity contribution < 1.29 is 28.1 Å². The zero-order valence-electron chi connectivity index (χ0n) is 18.7. The molecule has 1 aliphatic rings. The van der Waals surface area contributed by atoms with Gasteiger partial charge in [-0.3, -0.25) is 9.36 Å². The lowest BCUT2D eigenvalue weighted by atomic mass is 10.1. The molecule has 4 atom stereocenters. The Kier molecular flexibility index (Phi) is 8.30. The minimum atomic E-state index is -2.10. The first-order valence-corrected chi connectivity index (χ1v) is 11.8. The second kappa shape index (κ2) is 11.0. The summed E-state index contributed by atoms with van der Waals surface area (Å²) < 4.78 is 35.9. The van der Waals surface area contributed by atoms with Gasteiger partial charge in [0.05, 0.1) is 31.5 Å². The summed E-state index contributed by atoms with van der Waals surface area (Å²) in [6.45, 7) is 8.36. The Bertz CT molecular complexity index is 954. The maximum atomic E-state index is 12.0. The molecule has 3 heterocycles. The van der Waals surface area contributed by atoms with Crippen LogP contribution in [-0.2, 0) is 23.4 Å². The van der Waals surface area contributed by atoms with E-state index >= 15 is 0 Å². The predicted molar refractivity (Wildman–Crippen MR) is 116 cm³/mol. The van der Waals surface area contributed by atoms with Crippen LogP contribution in [0.25, 0.3) is 11.2 Å². The van der Waals surface area contributed by atoms with Crippen molar-refractivity contribution >= 4 is 31.3 Å². The highest BCUT2D eigenvalue weighted by molar-refractivity contribution is 7.36. The van der Waals surface area contributed by atoms with Crippen molar-refractivity contribution in [2.75, 3.05) is 32.1 Å². The van der Waals surface area contributed by atoms with Gasteiger partial charge >= 0.3 is 14.1 Å². The van der Waals surface area contributed by atoms with Gasteiger partial charge in [-0.2, -0.15) is 9.97 Å². The van der Waals surface area contributed by atoms with E-state index in [2.05, 4.69) is 20.0 Å². The van der Waals surface area contributed by atoms with E-state index < -0.39 is 8.18 Å². The molecule has 1 saturated heterocycles. The second-order valence-corrected chi connectivity index (χ2v) is 8.88. The summed E-state index contributed by atoms with van der Waals surface area (Å²) in [6, 6.07) is 0. The van der Waals surface area contributed by atoms with E-state index in [0.717, 1.165) is 0 Å². The molecular weight excluding hydrogens is 439 g/mol. The molecule has 0 bridgehead atoms. The minimum Gasteiger partial charge on any atom is -0.476 e. The molecule has 2 aromatic heterocycles. The summed E-state index contributed by atoms with van der Waals surface area (Å²) in [6.07, 6.45) is 1.75. The third-order valence-corrected chi connectivity index (χ3v) is 5.72. The van der Waals surface area contributed by atoms with E-state index in [4.69, 9.17) is 24.5 Å². The largest absolute Gasteiger partial charge is 0.613 e. The van der Waals surface area contributed by atoms with Crippen molar-refractivity contribution in [3.8, 4) is 5.88 Å². The molecule has 0 radical (unpaired) electrons. The van der Waals surface area contributed by atoms with Crippen molar-refractivity contribution in [2.45, 2.75) is 46.4 Å². The number of imidazole rings is 1. The van der Waals surface area contributed by atoms with Gasteiger partial charge < -0.3 is 19.9 Å². The first-order valence-electron chi connectivity index (χ1n) is 10.6. The first-order chi connectivity index (χ1) is 15.3. The van der Waals surface area contributed by atoms with E-state index in [9.17, 15) is 9.36 Å². The summed E-state index contributed by atoms with van der Waals surface area (Å²) in [7, 11) is -2.10. The average molecular weight is 469 g/mol. The Morgan fingerprint density at radius 3 is 2.94 bits per heavy atom. The molecule has 0 aromatic carbocycles. The molecule has 0 aliphatic carbocycles. The van der Waals surface area contributed by atoms with Gasteiger partial charge in [0, 0.05) is 5.92 Å². The number of nitrogen functional groups attached to an aromatic ring is 1. The molecule has 3 N–H and O–H groups in total. The fourth-order valence-electron chi connectivity index (χ4n) is 3.35. The van der Waals surface area contributed by atoms with Gasteiger partial charge in [0.15, 0.2) is 11.2 Å². The number of esters is 1. The van der Waals surface area contributed by atoms with Crippen molar-refractivity contribution in [3.05, 3.63) is 6.33 Å². The minimum absolute atomic E-state index is 0.0929. The summed E-state index contributed by atoms with van der Waals surface area (Å²) in [4.78, 5) is 24.2. The molecule has 32 heavy (non-hydrogen) atoms. The van der Waals surface area contributed by atoms with E-state index in [-0.39, 0.29) is 55.8 Å². The molecular formula is C19H30N6O6P+. The Labute approximate surface area is 187 Å². The van der Waals surface area contributed by atoms with E-state index in [1.807, 2.05) is 18.4 Å². The number of anilines is 1.